The first-order valence-electron chi connectivity index (χ1n) is 9.31. The zero-order chi connectivity index (χ0) is 17.6. The van der Waals surface area contributed by atoms with Gasteiger partial charge < -0.3 is 20.9 Å². The fourth-order valence-corrected chi connectivity index (χ4v) is 3.76. The Morgan fingerprint density at radius 3 is 2.76 bits per heavy atom. The zero-order valence-corrected chi connectivity index (χ0v) is 14.9. The number of hydrogen-bond donors (Lipinski definition) is 3. The first-order chi connectivity index (χ1) is 12.1. The molecule has 0 spiro atoms. The molecule has 6 nitrogen and oxygen atoms in total. The third-order valence-electron chi connectivity index (χ3n) is 5.29. The van der Waals surface area contributed by atoms with Crippen molar-refractivity contribution < 1.29 is 9.59 Å². The van der Waals surface area contributed by atoms with E-state index in [1.807, 2.05) is 24.3 Å². The van der Waals surface area contributed by atoms with Crippen LogP contribution in [0.25, 0.3) is 0 Å². The first kappa shape index (κ1) is 17.6. The summed E-state index contributed by atoms with van der Waals surface area (Å²) in [7, 11) is 0. The van der Waals surface area contributed by atoms with Gasteiger partial charge in [0.2, 0.25) is 0 Å². The number of hydrogen-bond acceptors (Lipinski definition) is 2. The highest BCUT2D eigenvalue weighted by Crippen LogP contribution is 2.26. The predicted octanol–water partition coefficient (Wildman–Crippen LogP) is 3.30. The molecule has 0 aromatic heterocycles. The minimum Gasteiger partial charge on any atom is -0.336 e. The van der Waals surface area contributed by atoms with Gasteiger partial charge in [0.15, 0.2) is 0 Å². The number of anilines is 1. The van der Waals surface area contributed by atoms with Gasteiger partial charge in [-0.05, 0) is 37.3 Å². The summed E-state index contributed by atoms with van der Waals surface area (Å²) in [4.78, 5) is 25.9. The fourth-order valence-electron chi connectivity index (χ4n) is 3.76. The second kappa shape index (κ2) is 8.23. The highest BCUT2D eigenvalue weighted by molar-refractivity contribution is 5.90. The predicted molar refractivity (Wildman–Crippen MR) is 98.4 cm³/mol. The average molecular weight is 344 g/mol. The van der Waals surface area contributed by atoms with Crippen LogP contribution in [0.2, 0.25) is 0 Å². The molecule has 1 aliphatic carbocycles. The molecule has 1 saturated carbocycles. The van der Waals surface area contributed by atoms with E-state index in [1.165, 1.54) is 32.1 Å². The molecule has 1 aliphatic heterocycles. The summed E-state index contributed by atoms with van der Waals surface area (Å²) in [6.07, 6.45) is 6.23. The van der Waals surface area contributed by atoms with Crippen LogP contribution in [0.1, 0.15) is 44.6 Å². The number of para-hydroxylation sites is 1. The summed E-state index contributed by atoms with van der Waals surface area (Å²) in [5, 5.41) is 8.85. The van der Waals surface area contributed by atoms with Gasteiger partial charge in [-0.25, -0.2) is 9.59 Å². The molecule has 3 rings (SSSR count). The Hall–Kier alpha value is -2.24. The minimum atomic E-state index is -0.170. The molecular formula is C19H28N4O2. The molecule has 3 N–H and O–H groups in total. The SMILES string of the molecule is C[C@H](NC(=O)Nc1ccccc1CN1CCNC1=O)C1CCCCC1. The average Bonchev–Trinajstić information content (AvgIpc) is 3.02. The third-order valence-corrected chi connectivity index (χ3v) is 5.29. The second-order valence-corrected chi connectivity index (χ2v) is 7.10. The summed E-state index contributed by atoms with van der Waals surface area (Å²) in [6, 6.07) is 7.61. The van der Waals surface area contributed by atoms with Crippen molar-refractivity contribution in [3.63, 3.8) is 0 Å². The maximum atomic E-state index is 12.4. The fraction of sp³-hybridized carbons (Fsp3) is 0.579. The quantitative estimate of drug-likeness (QED) is 0.767. The van der Waals surface area contributed by atoms with Gasteiger partial charge in [0.25, 0.3) is 0 Å². The normalized spacial score (nSPS) is 19.4. The molecule has 6 heteroatoms. The van der Waals surface area contributed by atoms with Crippen LogP contribution in [-0.2, 0) is 6.54 Å². The number of nitrogens with zero attached hydrogens (tertiary/aromatic N) is 1. The number of nitrogens with one attached hydrogen (secondary N) is 3. The van der Waals surface area contributed by atoms with Crippen LogP contribution in [-0.4, -0.2) is 36.1 Å². The number of rotatable bonds is 5. The Balaban J connectivity index is 1.58. The van der Waals surface area contributed by atoms with Crippen molar-refractivity contribution in [3.8, 4) is 0 Å². The lowest BCUT2D eigenvalue weighted by atomic mass is 9.85. The lowest BCUT2D eigenvalue weighted by molar-refractivity contribution is 0.215. The van der Waals surface area contributed by atoms with Crippen LogP contribution < -0.4 is 16.0 Å². The molecule has 0 radical (unpaired) electrons. The molecule has 0 unspecified atom stereocenters. The van der Waals surface area contributed by atoms with Gasteiger partial charge in [-0.2, -0.15) is 0 Å². The van der Waals surface area contributed by atoms with Crippen molar-refractivity contribution in [2.24, 2.45) is 5.92 Å². The van der Waals surface area contributed by atoms with Crippen LogP contribution in [0.15, 0.2) is 24.3 Å². The summed E-state index contributed by atoms with van der Waals surface area (Å²) in [5.41, 5.74) is 1.70. The van der Waals surface area contributed by atoms with Crippen LogP contribution in [0.4, 0.5) is 15.3 Å². The summed E-state index contributed by atoms with van der Waals surface area (Å²) in [6.45, 7) is 3.96. The lowest BCUT2D eigenvalue weighted by Crippen LogP contribution is -2.41. The van der Waals surface area contributed by atoms with E-state index in [-0.39, 0.29) is 18.1 Å². The van der Waals surface area contributed by atoms with Gasteiger partial charge >= 0.3 is 12.1 Å². The lowest BCUT2D eigenvalue weighted by Gasteiger charge is -2.28. The van der Waals surface area contributed by atoms with E-state index in [0.717, 1.165) is 11.3 Å². The molecule has 2 aliphatic rings. The topological polar surface area (TPSA) is 73.5 Å². The zero-order valence-electron chi connectivity index (χ0n) is 14.9. The molecule has 2 fully saturated rings. The van der Waals surface area contributed by atoms with E-state index in [9.17, 15) is 9.59 Å². The number of benzene rings is 1. The Kier molecular flexibility index (Phi) is 5.79. The van der Waals surface area contributed by atoms with Gasteiger partial charge in [-0.1, -0.05) is 37.5 Å². The molecule has 1 atom stereocenters. The summed E-state index contributed by atoms with van der Waals surface area (Å²) in [5.74, 6) is 0.572. The molecule has 1 aromatic rings. The number of carbonyl (C=O) groups excluding carboxylic acids is 2. The maximum absolute atomic E-state index is 12.4. The van der Waals surface area contributed by atoms with E-state index in [1.54, 1.807) is 4.90 Å². The smallest absolute Gasteiger partial charge is 0.319 e. The van der Waals surface area contributed by atoms with Crippen molar-refractivity contribution in [1.29, 1.82) is 0 Å². The molecule has 1 heterocycles. The van der Waals surface area contributed by atoms with Crippen LogP contribution >= 0.6 is 0 Å². The Labute approximate surface area is 149 Å². The Morgan fingerprint density at radius 1 is 1.28 bits per heavy atom. The molecule has 4 amide bonds. The largest absolute Gasteiger partial charge is 0.336 e. The van der Waals surface area contributed by atoms with Gasteiger partial charge in [0, 0.05) is 31.4 Å². The van der Waals surface area contributed by atoms with Crippen LogP contribution in [0, 0.1) is 5.92 Å². The minimum absolute atomic E-state index is 0.0508. The van der Waals surface area contributed by atoms with E-state index in [4.69, 9.17) is 0 Å². The third kappa shape index (κ3) is 4.65. The first-order valence-corrected chi connectivity index (χ1v) is 9.31. The molecule has 25 heavy (non-hydrogen) atoms. The van der Waals surface area contributed by atoms with E-state index < -0.39 is 0 Å². The molecular weight excluding hydrogens is 316 g/mol. The van der Waals surface area contributed by atoms with Crippen molar-refractivity contribution in [1.82, 2.24) is 15.5 Å². The van der Waals surface area contributed by atoms with E-state index in [0.29, 0.717) is 25.6 Å². The highest BCUT2D eigenvalue weighted by Gasteiger charge is 2.23. The van der Waals surface area contributed by atoms with Crippen molar-refractivity contribution >= 4 is 17.7 Å². The standard InChI is InChI=1S/C19H28N4O2/c1-14(15-7-3-2-4-8-15)21-18(24)22-17-10-6-5-9-16(17)13-23-12-11-20-19(23)25/h5-6,9-10,14-15H,2-4,7-8,11-13H2,1H3,(H,20,25)(H2,21,22,24)/t14-/m0/s1. The van der Waals surface area contributed by atoms with Gasteiger partial charge in [-0.15, -0.1) is 0 Å². The number of amides is 4. The van der Waals surface area contributed by atoms with Gasteiger partial charge in [-0.3, -0.25) is 0 Å². The van der Waals surface area contributed by atoms with Crippen LogP contribution in [0.5, 0.6) is 0 Å². The van der Waals surface area contributed by atoms with E-state index >= 15 is 0 Å². The monoisotopic (exact) mass is 344 g/mol. The second-order valence-electron chi connectivity index (χ2n) is 7.10. The van der Waals surface area contributed by atoms with Gasteiger partial charge in [0.05, 0.1) is 0 Å². The summed E-state index contributed by atoms with van der Waals surface area (Å²) < 4.78 is 0. The number of carbonyl (C=O) groups is 2. The number of urea groups is 2. The van der Waals surface area contributed by atoms with E-state index in [2.05, 4.69) is 22.9 Å². The molecule has 1 aromatic carbocycles. The molecule has 136 valence electrons. The highest BCUT2D eigenvalue weighted by atomic mass is 16.2. The Bertz CT molecular complexity index is 613. The van der Waals surface area contributed by atoms with Crippen molar-refractivity contribution in [3.05, 3.63) is 29.8 Å². The van der Waals surface area contributed by atoms with Gasteiger partial charge in [0.1, 0.15) is 0 Å². The summed E-state index contributed by atoms with van der Waals surface area (Å²) >= 11 is 0. The maximum Gasteiger partial charge on any atom is 0.319 e. The Morgan fingerprint density at radius 2 is 2.04 bits per heavy atom. The van der Waals surface area contributed by atoms with Crippen molar-refractivity contribution in [2.75, 3.05) is 18.4 Å². The van der Waals surface area contributed by atoms with Crippen molar-refractivity contribution in [2.45, 2.75) is 51.6 Å². The van der Waals surface area contributed by atoms with Crippen LogP contribution in [0.3, 0.4) is 0 Å². The molecule has 0 bridgehead atoms. The molecule has 1 saturated heterocycles.